The molecule has 0 saturated carbocycles. The first kappa shape index (κ1) is 17.4. The van der Waals surface area contributed by atoms with Crippen LogP contribution in [0.15, 0.2) is 0 Å². The Morgan fingerprint density at radius 1 is 1.29 bits per heavy atom. The number of hydrogen-bond acceptors (Lipinski definition) is 4. The highest BCUT2D eigenvalue weighted by molar-refractivity contribution is 5.76. The standard InChI is InChI=1S/C18H31N5O/c1-2-15(18-22-21-16-6-4-3-5-13-23(16)18)20-17(24)8-7-14-9-11-19-12-10-14/h14-15,19H,2-13H2,1H3,(H,20,24). The molecule has 1 unspecified atom stereocenters. The Morgan fingerprint density at radius 2 is 2.12 bits per heavy atom. The molecule has 134 valence electrons. The smallest absolute Gasteiger partial charge is 0.220 e. The second kappa shape index (κ2) is 8.60. The van der Waals surface area contributed by atoms with E-state index in [-0.39, 0.29) is 11.9 Å². The molecular weight excluding hydrogens is 302 g/mol. The number of rotatable bonds is 6. The average Bonchev–Trinajstić information content (AvgIpc) is 2.86. The molecule has 1 aromatic rings. The number of piperidine rings is 1. The fourth-order valence-electron chi connectivity index (χ4n) is 3.89. The fraction of sp³-hybridized carbons (Fsp3) is 0.833. The minimum atomic E-state index is -0.00938. The van der Waals surface area contributed by atoms with Gasteiger partial charge in [-0.05, 0) is 57.5 Å². The number of amides is 1. The zero-order valence-corrected chi connectivity index (χ0v) is 14.9. The monoisotopic (exact) mass is 333 g/mol. The number of aromatic nitrogens is 3. The van der Waals surface area contributed by atoms with E-state index in [0.29, 0.717) is 12.3 Å². The lowest BCUT2D eigenvalue weighted by Gasteiger charge is -2.23. The minimum Gasteiger partial charge on any atom is -0.346 e. The van der Waals surface area contributed by atoms with E-state index in [1.807, 2.05) is 0 Å². The van der Waals surface area contributed by atoms with Gasteiger partial charge in [0.2, 0.25) is 5.91 Å². The van der Waals surface area contributed by atoms with Crippen LogP contribution in [0.1, 0.15) is 76.0 Å². The van der Waals surface area contributed by atoms with Crippen molar-refractivity contribution in [1.29, 1.82) is 0 Å². The third-order valence-corrected chi connectivity index (χ3v) is 5.43. The van der Waals surface area contributed by atoms with Crippen molar-refractivity contribution in [1.82, 2.24) is 25.4 Å². The molecule has 6 heteroatoms. The summed E-state index contributed by atoms with van der Waals surface area (Å²) in [5, 5.41) is 15.3. The van der Waals surface area contributed by atoms with Crippen LogP contribution in [-0.4, -0.2) is 33.8 Å². The normalized spacial score (nSPS) is 20.2. The lowest BCUT2D eigenvalue weighted by Crippen LogP contribution is -2.32. The molecule has 0 bridgehead atoms. The van der Waals surface area contributed by atoms with Crippen molar-refractivity contribution >= 4 is 5.91 Å². The molecule has 1 saturated heterocycles. The maximum Gasteiger partial charge on any atom is 0.220 e. The van der Waals surface area contributed by atoms with Crippen molar-refractivity contribution in [3.8, 4) is 0 Å². The quantitative estimate of drug-likeness (QED) is 0.838. The van der Waals surface area contributed by atoms with Crippen molar-refractivity contribution in [2.75, 3.05) is 13.1 Å². The number of carbonyl (C=O) groups is 1. The van der Waals surface area contributed by atoms with E-state index in [1.54, 1.807) is 0 Å². The van der Waals surface area contributed by atoms with Gasteiger partial charge in [0, 0.05) is 19.4 Å². The molecule has 3 rings (SSSR count). The summed E-state index contributed by atoms with van der Waals surface area (Å²) in [4.78, 5) is 12.4. The Hall–Kier alpha value is -1.43. The van der Waals surface area contributed by atoms with Gasteiger partial charge in [-0.15, -0.1) is 10.2 Å². The van der Waals surface area contributed by atoms with Crippen LogP contribution in [0.2, 0.25) is 0 Å². The molecule has 2 N–H and O–H groups in total. The van der Waals surface area contributed by atoms with Crippen LogP contribution in [0, 0.1) is 5.92 Å². The van der Waals surface area contributed by atoms with E-state index in [0.717, 1.165) is 50.5 Å². The Labute approximate surface area is 144 Å². The maximum atomic E-state index is 12.4. The second-order valence-corrected chi connectivity index (χ2v) is 7.20. The highest BCUT2D eigenvalue weighted by Crippen LogP contribution is 2.22. The molecule has 0 radical (unpaired) electrons. The number of nitrogens with one attached hydrogen (secondary N) is 2. The Kier molecular flexibility index (Phi) is 6.24. The number of aryl methyl sites for hydroxylation is 1. The fourth-order valence-corrected chi connectivity index (χ4v) is 3.89. The molecule has 1 aromatic heterocycles. The van der Waals surface area contributed by atoms with Gasteiger partial charge in [-0.3, -0.25) is 4.79 Å². The maximum absolute atomic E-state index is 12.4. The number of hydrogen-bond donors (Lipinski definition) is 2. The first-order valence-electron chi connectivity index (χ1n) is 9.70. The topological polar surface area (TPSA) is 71.8 Å². The van der Waals surface area contributed by atoms with Gasteiger partial charge in [0.1, 0.15) is 5.82 Å². The molecule has 1 amide bonds. The number of carbonyl (C=O) groups excluding carboxylic acids is 1. The summed E-state index contributed by atoms with van der Waals surface area (Å²) >= 11 is 0. The highest BCUT2D eigenvalue weighted by Gasteiger charge is 2.23. The molecule has 24 heavy (non-hydrogen) atoms. The zero-order valence-electron chi connectivity index (χ0n) is 14.9. The zero-order chi connectivity index (χ0) is 16.8. The molecule has 1 atom stereocenters. The predicted molar refractivity (Wildman–Crippen MR) is 93.6 cm³/mol. The largest absolute Gasteiger partial charge is 0.346 e. The van der Waals surface area contributed by atoms with Gasteiger partial charge >= 0.3 is 0 Å². The first-order valence-corrected chi connectivity index (χ1v) is 9.70. The van der Waals surface area contributed by atoms with Gasteiger partial charge in [-0.1, -0.05) is 13.3 Å². The summed E-state index contributed by atoms with van der Waals surface area (Å²) in [5.74, 6) is 2.89. The first-order chi connectivity index (χ1) is 11.8. The molecule has 3 heterocycles. The van der Waals surface area contributed by atoms with Gasteiger partial charge in [0.05, 0.1) is 6.04 Å². The van der Waals surface area contributed by atoms with E-state index in [2.05, 4.69) is 32.3 Å². The molecule has 0 aromatic carbocycles. The van der Waals surface area contributed by atoms with E-state index in [9.17, 15) is 4.79 Å². The van der Waals surface area contributed by atoms with Gasteiger partial charge < -0.3 is 15.2 Å². The minimum absolute atomic E-state index is 0.00938. The summed E-state index contributed by atoms with van der Waals surface area (Å²) < 4.78 is 2.24. The van der Waals surface area contributed by atoms with Crippen LogP contribution in [0.4, 0.5) is 0 Å². The molecule has 2 aliphatic heterocycles. The molecule has 0 aliphatic carbocycles. The van der Waals surface area contributed by atoms with Crippen LogP contribution in [0.3, 0.4) is 0 Å². The molecule has 2 aliphatic rings. The van der Waals surface area contributed by atoms with Gasteiger partial charge in [0.15, 0.2) is 5.82 Å². The Morgan fingerprint density at radius 3 is 2.92 bits per heavy atom. The van der Waals surface area contributed by atoms with Crippen LogP contribution >= 0.6 is 0 Å². The van der Waals surface area contributed by atoms with Crippen molar-refractivity contribution in [3.63, 3.8) is 0 Å². The highest BCUT2D eigenvalue weighted by atomic mass is 16.1. The summed E-state index contributed by atoms with van der Waals surface area (Å²) in [6, 6.07) is -0.00938. The molecular formula is C18H31N5O. The summed E-state index contributed by atoms with van der Waals surface area (Å²) in [5.41, 5.74) is 0. The third-order valence-electron chi connectivity index (χ3n) is 5.43. The Balaban J connectivity index is 1.56. The van der Waals surface area contributed by atoms with E-state index >= 15 is 0 Å². The summed E-state index contributed by atoms with van der Waals surface area (Å²) in [6.45, 7) is 5.28. The molecule has 1 fully saturated rings. The predicted octanol–water partition coefficient (Wildman–Crippen LogP) is 2.35. The summed E-state index contributed by atoms with van der Waals surface area (Å²) in [7, 11) is 0. The Bertz CT molecular complexity index is 536. The third kappa shape index (κ3) is 4.35. The van der Waals surface area contributed by atoms with Crippen LogP contribution in [0.25, 0.3) is 0 Å². The average molecular weight is 333 g/mol. The van der Waals surface area contributed by atoms with Gasteiger partial charge in [-0.25, -0.2) is 0 Å². The van der Waals surface area contributed by atoms with Crippen LogP contribution in [0.5, 0.6) is 0 Å². The van der Waals surface area contributed by atoms with Crippen LogP contribution < -0.4 is 10.6 Å². The van der Waals surface area contributed by atoms with E-state index < -0.39 is 0 Å². The number of fused-ring (bicyclic) bond motifs is 1. The number of nitrogens with zero attached hydrogens (tertiary/aromatic N) is 3. The summed E-state index contributed by atoms with van der Waals surface area (Å²) in [6.07, 6.45) is 9.51. The second-order valence-electron chi connectivity index (χ2n) is 7.20. The van der Waals surface area contributed by atoms with E-state index in [1.165, 1.54) is 32.1 Å². The van der Waals surface area contributed by atoms with Gasteiger partial charge in [-0.2, -0.15) is 0 Å². The van der Waals surface area contributed by atoms with Crippen molar-refractivity contribution < 1.29 is 4.79 Å². The lowest BCUT2D eigenvalue weighted by molar-refractivity contribution is -0.122. The van der Waals surface area contributed by atoms with Crippen molar-refractivity contribution in [2.24, 2.45) is 5.92 Å². The van der Waals surface area contributed by atoms with Gasteiger partial charge in [0.25, 0.3) is 0 Å². The SMILES string of the molecule is CCC(NC(=O)CCC1CCNCC1)c1nnc2n1CCCCC2. The van der Waals surface area contributed by atoms with Crippen LogP contribution in [-0.2, 0) is 17.8 Å². The molecule has 6 nitrogen and oxygen atoms in total. The lowest BCUT2D eigenvalue weighted by atomic mass is 9.93. The van der Waals surface area contributed by atoms with Crippen molar-refractivity contribution in [2.45, 2.75) is 77.3 Å². The van der Waals surface area contributed by atoms with Crippen molar-refractivity contribution in [3.05, 3.63) is 11.6 Å². The molecule has 0 spiro atoms. The van der Waals surface area contributed by atoms with E-state index in [4.69, 9.17) is 0 Å².